The maximum absolute atomic E-state index is 12.7. The van der Waals surface area contributed by atoms with E-state index in [1.807, 2.05) is 6.92 Å². The van der Waals surface area contributed by atoms with Crippen molar-refractivity contribution in [2.24, 2.45) is 17.3 Å². The second-order valence-corrected chi connectivity index (χ2v) is 8.07. The second kappa shape index (κ2) is 5.16. The molecule has 3 unspecified atom stereocenters. The van der Waals surface area contributed by atoms with E-state index in [0.717, 1.165) is 18.4 Å². The lowest BCUT2D eigenvalue weighted by molar-refractivity contribution is -0.148. The number of ether oxygens (including phenoxy) is 1. The van der Waals surface area contributed by atoms with Crippen molar-refractivity contribution in [3.05, 3.63) is 34.1 Å². The van der Waals surface area contributed by atoms with Crippen LogP contribution in [0.2, 0.25) is 0 Å². The van der Waals surface area contributed by atoms with Gasteiger partial charge in [-0.15, -0.1) is 0 Å². The van der Waals surface area contributed by atoms with Crippen LogP contribution in [0.15, 0.2) is 34.1 Å². The highest BCUT2D eigenvalue weighted by molar-refractivity contribution is 6.50. The van der Waals surface area contributed by atoms with Gasteiger partial charge in [0.15, 0.2) is 0 Å². The van der Waals surface area contributed by atoms with Crippen molar-refractivity contribution in [1.29, 1.82) is 0 Å². The Kier molecular flexibility index (Phi) is 3.37. The summed E-state index contributed by atoms with van der Waals surface area (Å²) in [5.74, 6) is -1.73. The van der Waals surface area contributed by atoms with Crippen molar-refractivity contribution in [3.8, 4) is 0 Å². The number of ketones is 2. The quantitative estimate of drug-likeness (QED) is 0.343. The van der Waals surface area contributed by atoms with Crippen molar-refractivity contribution >= 4 is 17.5 Å². The van der Waals surface area contributed by atoms with Crippen LogP contribution in [0.5, 0.6) is 0 Å². The average molecular weight is 342 g/mol. The molecule has 4 aliphatic rings. The topological polar surface area (TPSA) is 80.7 Å². The molecule has 132 valence electrons. The minimum absolute atomic E-state index is 0.0847. The Morgan fingerprint density at radius 2 is 1.92 bits per heavy atom. The van der Waals surface area contributed by atoms with Crippen LogP contribution in [-0.4, -0.2) is 28.7 Å². The van der Waals surface area contributed by atoms with Gasteiger partial charge in [0.25, 0.3) is 0 Å². The number of carbonyl (C=O) groups excluding carboxylic acids is 3. The number of allylic oxidation sites excluding steroid dienone is 4. The van der Waals surface area contributed by atoms with Gasteiger partial charge in [-0.25, -0.2) is 0 Å². The van der Waals surface area contributed by atoms with E-state index in [1.165, 1.54) is 0 Å². The van der Waals surface area contributed by atoms with E-state index in [0.29, 0.717) is 24.0 Å². The Balaban J connectivity index is 1.87. The van der Waals surface area contributed by atoms with E-state index < -0.39 is 17.0 Å². The molecule has 3 aliphatic carbocycles. The molecule has 0 aromatic heterocycles. The number of hydrogen-bond acceptors (Lipinski definition) is 5. The van der Waals surface area contributed by atoms with Gasteiger partial charge in [-0.05, 0) is 32.1 Å². The van der Waals surface area contributed by atoms with E-state index in [2.05, 4.69) is 6.08 Å². The predicted octanol–water partition coefficient (Wildman–Crippen LogP) is 2.96. The zero-order chi connectivity index (χ0) is 18.1. The summed E-state index contributed by atoms with van der Waals surface area (Å²) in [6, 6.07) is 0. The highest BCUT2D eigenvalue weighted by atomic mass is 16.6. The Bertz CT molecular complexity index is 810. The summed E-state index contributed by atoms with van der Waals surface area (Å²) in [5, 5.41) is 10.7. The Morgan fingerprint density at radius 3 is 2.60 bits per heavy atom. The molecule has 0 saturated carbocycles. The van der Waals surface area contributed by atoms with E-state index in [-0.39, 0.29) is 35.2 Å². The maximum atomic E-state index is 12.7. The molecule has 0 bridgehead atoms. The van der Waals surface area contributed by atoms with Crippen LogP contribution in [0, 0.1) is 17.3 Å². The molecule has 0 radical (unpaired) electrons. The number of aliphatic hydroxyl groups is 1. The lowest BCUT2D eigenvalue weighted by Gasteiger charge is -2.33. The molecule has 25 heavy (non-hydrogen) atoms. The molecule has 5 nitrogen and oxygen atoms in total. The molecule has 3 atom stereocenters. The molecule has 4 rings (SSSR count). The monoisotopic (exact) mass is 342 g/mol. The first-order valence-corrected chi connectivity index (χ1v) is 8.90. The molecule has 0 aromatic carbocycles. The Morgan fingerprint density at radius 1 is 1.20 bits per heavy atom. The van der Waals surface area contributed by atoms with Crippen LogP contribution in [-0.2, 0) is 19.1 Å². The molecular weight excluding hydrogens is 320 g/mol. The van der Waals surface area contributed by atoms with Crippen LogP contribution >= 0.6 is 0 Å². The van der Waals surface area contributed by atoms with Crippen LogP contribution in [0.4, 0.5) is 0 Å². The smallest absolute Gasteiger partial charge is 0.312 e. The third-order valence-electron chi connectivity index (χ3n) is 6.25. The first kappa shape index (κ1) is 16.3. The molecule has 1 heterocycles. The van der Waals surface area contributed by atoms with E-state index >= 15 is 0 Å². The van der Waals surface area contributed by atoms with Crippen LogP contribution in [0.3, 0.4) is 0 Å². The number of esters is 1. The first-order valence-electron chi connectivity index (χ1n) is 8.90. The fraction of sp³-hybridized carbons (Fsp3) is 0.550. The van der Waals surface area contributed by atoms with Gasteiger partial charge in [0.05, 0.1) is 5.41 Å². The second-order valence-electron chi connectivity index (χ2n) is 8.07. The summed E-state index contributed by atoms with van der Waals surface area (Å²) >= 11 is 0. The van der Waals surface area contributed by atoms with Gasteiger partial charge < -0.3 is 9.84 Å². The molecule has 0 aromatic rings. The van der Waals surface area contributed by atoms with Gasteiger partial charge in [-0.3, -0.25) is 14.4 Å². The summed E-state index contributed by atoms with van der Waals surface area (Å²) in [7, 11) is 0. The molecule has 1 fully saturated rings. The van der Waals surface area contributed by atoms with Crippen molar-refractivity contribution in [3.63, 3.8) is 0 Å². The van der Waals surface area contributed by atoms with Gasteiger partial charge in [0, 0.05) is 29.1 Å². The summed E-state index contributed by atoms with van der Waals surface area (Å²) in [6.07, 6.45) is 3.80. The molecule has 5 heteroatoms. The van der Waals surface area contributed by atoms with Crippen molar-refractivity contribution in [2.75, 3.05) is 0 Å². The molecule has 0 amide bonds. The number of rotatable bonds is 1. The lowest BCUT2D eigenvalue weighted by atomic mass is 9.66. The highest BCUT2D eigenvalue weighted by Gasteiger charge is 2.58. The van der Waals surface area contributed by atoms with Gasteiger partial charge in [0.1, 0.15) is 11.9 Å². The van der Waals surface area contributed by atoms with E-state index in [1.54, 1.807) is 13.8 Å². The van der Waals surface area contributed by atoms with Crippen LogP contribution in [0.25, 0.3) is 0 Å². The SMILES string of the molecule is CC(C)C1=C(O)C2=C(CC3=CCCC4(C)C(=O)OC(C2)C34)C(=O)C1=O. The minimum Gasteiger partial charge on any atom is -0.507 e. The number of Topliss-reactive ketones (excluding diaryl/α,β-unsaturated/α-hetero) is 2. The summed E-state index contributed by atoms with van der Waals surface area (Å²) in [6.45, 7) is 5.50. The molecule has 1 saturated heterocycles. The van der Waals surface area contributed by atoms with E-state index in [9.17, 15) is 19.5 Å². The zero-order valence-electron chi connectivity index (χ0n) is 14.7. The summed E-state index contributed by atoms with van der Waals surface area (Å²) in [5.41, 5.74) is 1.47. The van der Waals surface area contributed by atoms with Gasteiger partial charge in [-0.2, -0.15) is 0 Å². The minimum atomic E-state index is -0.602. The largest absolute Gasteiger partial charge is 0.507 e. The van der Waals surface area contributed by atoms with Gasteiger partial charge in [-0.1, -0.05) is 25.5 Å². The molecule has 1 N–H and O–H groups in total. The van der Waals surface area contributed by atoms with Crippen molar-refractivity contribution < 1.29 is 24.2 Å². The van der Waals surface area contributed by atoms with Crippen molar-refractivity contribution in [1.82, 2.24) is 0 Å². The maximum Gasteiger partial charge on any atom is 0.312 e. The number of carbonyl (C=O) groups is 3. The number of aliphatic hydroxyl groups excluding tert-OH is 1. The van der Waals surface area contributed by atoms with Crippen LogP contribution in [0.1, 0.15) is 46.5 Å². The standard InChI is InChI=1S/C20H22O5/c1-9(2)14-16(21)12-8-13-15-10(7-11(12)17(22)18(14)23)5-4-6-20(15,3)19(24)25-13/h5,9,13,15,21H,4,6-8H2,1-3H3. The van der Waals surface area contributed by atoms with Crippen molar-refractivity contribution in [2.45, 2.75) is 52.6 Å². The average Bonchev–Trinajstić information content (AvgIpc) is 2.69. The molecule has 0 spiro atoms. The van der Waals surface area contributed by atoms with Crippen LogP contribution < -0.4 is 0 Å². The summed E-state index contributed by atoms with van der Waals surface area (Å²) < 4.78 is 5.67. The highest BCUT2D eigenvalue weighted by Crippen LogP contribution is 2.55. The summed E-state index contributed by atoms with van der Waals surface area (Å²) in [4.78, 5) is 37.6. The van der Waals surface area contributed by atoms with E-state index in [4.69, 9.17) is 4.74 Å². The third-order valence-corrected chi connectivity index (χ3v) is 6.25. The third kappa shape index (κ3) is 2.04. The fourth-order valence-electron chi connectivity index (χ4n) is 4.97. The predicted molar refractivity (Wildman–Crippen MR) is 89.6 cm³/mol. The van der Waals surface area contributed by atoms with Gasteiger partial charge in [0.2, 0.25) is 11.6 Å². The first-order chi connectivity index (χ1) is 11.8. The van der Waals surface area contributed by atoms with Gasteiger partial charge >= 0.3 is 5.97 Å². The number of hydrogen-bond donors (Lipinski definition) is 1. The fourth-order valence-corrected chi connectivity index (χ4v) is 4.97. The molecule has 1 aliphatic heterocycles. The Hall–Kier alpha value is -2.17. The Labute approximate surface area is 146 Å². The molecular formula is C20H22O5. The lowest BCUT2D eigenvalue weighted by Crippen LogP contribution is -2.35. The normalized spacial score (nSPS) is 34.7. The zero-order valence-corrected chi connectivity index (χ0v) is 14.7.